The summed E-state index contributed by atoms with van der Waals surface area (Å²) in [7, 11) is 3.09. The second-order valence-corrected chi connectivity index (χ2v) is 6.26. The minimum absolute atomic E-state index is 0.106. The van der Waals surface area contributed by atoms with E-state index in [9.17, 15) is 9.59 Å². The Labute approximate surface area is 137 Å². The Morgan fingerprint density at radius 2 is 1.83 bits per heavy atom. The van der Waals surface area contributed by atoms with Crippen LogP contribution in [0.4, 0.5) is 5.69 Å². The van der Waals surface area contributed by atoms with Gasteiger partial charge in [-0.3, -0.25) is 9.59 Å². The first kappa shape index (κ1) is 18.8. The number of hydrogen-bond acceptors (Lipinski definition) is 4. The van der Waals surface area contributed by atoms with Crippen molar-refractivity contribution in [1.82, 2.24) is 5.32 Å². The quantitative estimate of drug-likeness (QED) is 0.873. The van der Waals surface area contributed by atoms with Crippen molar-refractivity contribution in [2.24, 2.45) is 0 Å². The molecule has 0 heterocycles. The first-order chi connectivity index (χ1) is 10.7. The number of ether oxygens (including phenoxy) is 2. The summed E-state index contributed by atoms with van der Waals surface area (Å²) in [4.78, 5) is 25.5. The van der Waals surface area contributed by atoms with E-state index in [1.54, 1.807) is 25.3 Å². The van der Waals surface area contributed by atoms with Crippen LogP contribution in [0, 0.1) is 0 Å². The number of amides is 2. The van der Waals surface area contributed by atoms with Crippen molar-refractivity contribution >= 4 is 17.5 Å². The monoisotopic (exact) mass is 322 g/mol. The maximum Gasteiger partial charge on any atom is 0.223 e. The predicted molar refractivity (Wildman–Crippen MR) is 90.1 cm³/mol. The lowest BCUT2D eigenvalue weighted by Gasteiger charge is -2.25. The average molecular weight is 322 g/mol. The third kappa shape index (κ3) is 5.81. The number of nitrogens with one attached hydrogen (secondary N) is 1. The highest BCUT2D eigenvalue weighted by Crippen LogP contribution is 2.32. The normalized spacial score (nSPS) is 10.9. The number of carbonyl (C=O) groups excluding carboxylic acids is 2. The van der Waals surface area contributed by atoms with Gasteiger partial charge in [-0.1, -0.05) is 0 Å². The van der Waals surface area contributed by atoms with Gasteiger partial charge in [-0.05, 0) is 32.9 Å². The van der Waals surface area contributed by atoms with Gasteiger partial charge in [0.1, 0.15) is 11.5 Å². The van der Waals surface area contributed by atoms with Gasteiger partial charge in [0.05, 0.1) is 19.9 Å². The fourth-order valence-corrected chi connectivity index (χ4v) is 2.15. The summed E-state index contributed by atoms with van der Waals surface area (Å²) in [5.74, 6) is 0.897. The van der Waals surface area contributed by atoms with E-state index in [0.29, 0.717) is 17.2 Å². The molecule has 0 aromatic heterocycles. The molecule has 1 rings (SSSR count). The Hall–Kier alpha value is -2.24. The maximum atomic E-state index is 12.0. The van der Waals surface area contributed by atoms with Crippen molar-refractivity contribution in [2.75, 3.05) is 25.7 Å². The van der Waals surface area contributed by atoms with Crippen LogP contribution >= 0.6 is 0 Å². The highest BCUT2D eigenvalue weighted by atomic mass is 16.5. The summed E-state index contributed by atoms with van der Waals surface area (Å²) >= 11 is 0. The van der Waals surface area contributed by atoms with Crippen LogP contribution < -0.4 is 19.7 Å². The number of carbonyl (C=O) groups is 2. The van der Waals surface area contributed by atoms with Crippen LogP contribution in [0.5, 0.6) is 11.5 Å². The van der Waals surface area contributed by atoms with Gasteiger partial charge in [-0.15, -0.1) is 0 Å². The van der Waals surface area contributed by atoms with Gasteiger partial charge >= 0.3 is 0 Å². The number of methoxy groups -OCH3 is 2. The minimum atomic E-state index is -0.300. The van der Waals surface area contributed by atoms with Crippen LogP contribution in [-0.4, -0.2) is 38.1 Å². The zero-order chi connectivity index (χ0) is 17.6. The number of hydrogen-bond donors (Lipinski definition) is 1. The second-order valence-electron chi connectivity index (χ2n) is 6.26. The maximum absolute atomic E-state index is 12.0. The second kappa shape index (κ2) is 7.85. The molecule has 0 atom stereocenters. The van der Waals surface area contributed by atoms with Crippen LogP contribution in [0.3, 0.4) is 0 Å². The van der Waals surface area contributed by atoms with E-state index in [1.807, 2.05) is 20.8 Å². The molecule has 1 aromatic carbocycles. The van der Waals surface area contributed by atoms with E-state index in [-0.39, 0.29) is 30.3 Å². The van der Waals surface area contributed by atoms with Crippen LogP contribution in [0.1, 0.15) is 34.1 Å². The summed E-state index contributed by atoms with van der Waals surface area (Å²) in [5.41, 5.74) is 0.286. The Kier molecular flexibility index (Phi) is 6.42. The fraction of sp³-hybridized carbons (Fsp3) is 0.529. The average Bonchev–Trinajstić information content (AvgIpc) is 2.45. The first-order valence-corrected chi connectivity index (χ1v) is 7.49. The van der Waals surface area contributed by atoms with Crippen LogP contribution in [-0.2, 0) is 9.59 Å². The molecular formula is C17H26N2O4. The number of nitrogens with zero attached hydrogens (tertiary/aromatic N) is 1. The Morgan fingerprint density at radius 3 is 2.30 bits per heavy atom. The van der Waals surface area contributed by atoms with Gasteiger partial charge < -0.3 is 19.7 Å². The summed E-state index contributed by atoms with van der Waals surface area (Å²) < 4.78 is 10.5. The van der Waals surface area contributed by atoms with Gasteiger partial charge in [0, 0.05) is 31.5 Å². The van der Waals surface area contributed by atoms with E-state index in [2.05, 4.69) is 5.32 Å². The van der Waals surface area contributed by atoms with Crippen LogP contribution in [0.25, 0.3) is 0 Å². The molecule has 0 unspecified atom stereocenters. The van der Waals surface area contributed by atoms with Gasteiger partial charge in [-0.2, -0.15) is 0 Å². The van der Waals surface area contributed by atoms with E-state index in [0.717, 1.165) is 0 Å². The molecule has 128 valence electrons. The van der Waals surface area contributed by atoms with Gasteiger partial charge in [0.25, 0.3) is 0 Å². The molecule has 0 fully saturated rings. The lowest BCUT2D eigenvalue weighted by atomic mass is 10.1. The molecule has 0 saturated carbocycles. The molecule has 0 radical (unpaired) electrons. The fourth-order valence-electron chi connectivity index (χ4n) is 2.15. The third-order valence-electron chi connectivity index (χ3n) is 3.13. The van der Waals surface area contributed by atoms with Crippen molar-refractivity contribution in [3.05, 3.63) is 18.2 Å². The molecular weight excluding hydrogens is 296 g/mol. The zero-order valence-corrected chi connectivity index (χ0v) is 14.7. The van der Waals surface area contributed by atoms with Gasteiger partial charge in [0.2, 0.25) is 11.8 Å². The van der Waals surface area contributed by atoms with E-state index in [1.165, 1.54) is 18.9 Å². The largest absolute Gasteiger partial charge is 0.497 e. The molecule has 6 heteroatoms. The predicted octanol–water partition coefficient (Wildman–Crippen LogP) is 2.36. The Balaban J connectivity index is 2.95. The highest BCUT2D eigenvalue weighted by Gasteiger charge is 2.20. The molecule has 2 amide bonds. The van der Waals surface area contributed by atoms with Crippen molar-refractivity contribution < 1.29 is 19.1 Å². The third-order valence-corrected chi connectivity index (χ3v) is 3.13. The summed E-state index contributed by atoms with van der Waals surface area (Å²) in [5, 5.41) is 2.88. The smallest absolute Gasteiger partial charge is 0.223 e. The topological polar surface area (TPSA) is 67.9 Å². The first-order valence-electron chi connectivity index (χ1n) is 7.49. The molecule has 0 aliphatic heterocycles. The zero-order valence-electron chi connectivity index (χ0n) is 14.7. The molecule has 1 N–H and O–H groups in total. The van der Waals surface area contributed by atoms with Crippen molar-refractivity contribution in [3.63, 3.8) is 0 Å². The summed E-state index contributed by atoms with van der Waals surface area (Å²) in [6.45, 7) is 7.47. The van der Waals surface area contributed by atoms with Gasteiger partial charge in [0.15, 0.2) is 0 Å². The Bertz CT molecular complexity index is 564. The van der Waals surface area contributed by atoms with Crippen molar-refractivity contribution in [2.45, 2.75) is 39.7 Å². The molecule has 6 nitrogen and oxygen atoms in total. The molecule has 0 saturated heterocycles. The number of rotatable bonds is 6. The van der Waals surface area contributed by atoms with Crippen LogP contribution in [0.2, 0.25) is 0 Å². The lowest BCUT2D eigenvalue weighted by molar-refractivity contribution is -0.122. The molecule has 0 bridgehead atoms. The Morgan fingerprint density at radius 1 is 1.17 bits per heavy atom. The number of anilines is 1. The molecule has 0 spiro atoms. The standard InChI is InChI=1S/C17H26N2O4/c1-12(20)19(10-9-16(21)18-17(2,3)4)14-11-13(22-5)7-8-15(14)23-6/h7-8,11H,9-10H2,1-6H3,(H,18,21). The van der Waals surface area contributed by atoms with E-state index >= 15 is 0 Å². The van der Waals surface area contributed by atoms with E-state index in [4.69, 9.17) is 9.47 Å². The van der Waals surface area contributed by atoms with Crippen LogP contribution in [0.15, 0.2) is 18.2 Å². The minimum Gasteiger partial charge on any atom is -0.497 e. The molecule has 1 aromatic rings. The van der Waals surface area contributed by atoms with Crippen molar-refractivity contribution in [3.8, 4) is 11.5 Å². The number of benzene rings is 1. The molecule has 0 aliphatic rings. The summed E-state index contributed by atoms with van der Waals surface area (Å²) in [6, 6.07) is 5.22. The van der Waals surface area contributed by atoms with Gasteiger partial charge in [-0.25, -0.2) is 0 Å². The highest BCUT2D eigenvalue weighted by molar-refractivity contribution is 5.94. The SMILES string of the molecule is COc1ccc(OC)c(N(CCC(=O)NC(C)(C)C)C(C)=O)c1. The summed E-state index contributed by atoms with van der Waals surface area (Å²) in [6.07, 6.45) is 0.206. The van der Waals surface area contributed by atoms with E-state index < -0.39 is 0 Å². The lowest BCUT2D eigenvalue weighted by Crippen LogP contribution is -2.42. The molecule has 23 heavy (non-hydrogen) atoms. The molecule has 0 aliphatic carbocycles. The van der Waals surface area contributed by atoms with Crippen molar-refractivity contribution in [1.29, 1.82) is 0 Å².